The van der Waals surface area contributed by atoms with Crippen molar-refractivity contribution in [1.29, 1.82) is 0 Å². The number of carbonyl (C=O) groups excluding carboxylic acids is 1. The number of ether oxygens (including phenoxy) is 1. The van der Waals surface area contributed by atoms with Crippen molar-refractivity contribution in [2.24, 2.45) is 0 Å². The van der Waals surface area contributed by atoms with Crippen LogP contribution in [0.5, 0.6) is 0 Å². The molecular formula is C17H13ClN2O3S. The van der Waals surface area contributed by atoms with Gasteiger partial charge >= 0.3 is 5.97 Å². The summed E-state index contributed by atoms with van der Waals surface area (Å²) in [5.74, 6) is 0.238. The van der Waals surface area contributed by atoms with Gasteiger partial charge in [-0.3, -0.25) is 0 Å². The van der Waals surface area contributed by atoms with Gasteiger partial charge in [-0.1, -0.05) is 35.0 Å². The van der Waals surface area contributed by atoms with Crippen LogP contribution in [0.3, 0.4) is 0 Å². The zero-order valence-electron chi connectivity index (χ0n) is 12.7. The van der Waals surface area contributed by atoms with Crippen molar-refractivity contribution in [2.75, 3.05) is 0 Å². The topological polar surface area (TPSA) is 65.2 Å². The standard InChI is InChI=1S/C17H13ClN2O3S/c1-11-4-5-12(9-13(11)18)6-7-16(21)22-10-15-19-17(20-23-15)14-3-2-8-24-14/h2-9H,10H2,1H3. The molecule has 7 heteroatoms. The molecule has 0 N–H and O–H groups in total. The van der Waals surface area contributed by atoms with Gasteiger partial charge in [-0.15, -0.1) is 11.3 Å². The monoisotopic (exact) mass is 360 g/mol. The second-order valence-electron chi connectivity index (χ2n) is 4.94. The summed E-state index contributed by atoms with van der Waals surface area (Å²) in [4.78, 5) is 16.8. The second-order valence-corrected chi connectivity index (χ2v) is 6.29. The molecule has 3 rings (SSSR count). The summed E-state index contributed by atoms with van der Waals surface area (Å²) in [5.41, 5.74) is 1.80. The van der Waals surface area contributed by atoms with Crippen LogP contribution in [0.1, 0.15) is 17.0 Å². The van der Waals surface area contributed by atoms with E-state index in [0.717, 1.165) is 16.0 Å². The quantitative estimate of drug-likeness (QED) is 0.494. The van der Waals surface area contributed by atoms with Gasteiger partial charge in [0.05, 0.1) is 4.88 Å². The molecule has 0 aliphatic carbocycles. The van der Waals surface area contributed by atoms with E-state index in [1.807, 2.05) is 36.6 Å². The SMILES string of the molecule is Cc1ccc(C=CC(=O)OCc2nc(-c3cccs3)no2)cc1Cl. The first-order valence-electron chi connectivity index (χ1n) is 7.09. The molecule has 0 fully saturated rings. The van der Waals surface area contributed by atoms with Gasteiger partial charge in [0.25, 0.3) is 5.89 Å². The van der Waals surface area contributed by atoms with Gasteiger partial charge in [-0.2, -0.15) is 4.98 Å². The van der Waals surface area contributed by atoms with Gasteiger partial charge in [0.15, 0.2) is 6.61 Å². The Bertz CT molecular complexity index is 872. The van der Waals surface area contributed by atoms with Crippen LogP contribution in [0.25, 0.3) is 16.8 Å². The fraction of sp³-hybridized carbons (Fsp3) is 0.118. The van der Waals surface area contributed by atoms with Crippen LogP contribution in [0.4, 0.5) is 0 Å². The highest BCUT2D eigenvalue weighted by Gasteiger charge is 2.10. The minimum Gasteiger partial charge on any atom is -0.452 e. The molecule has 2 aromatic heterocycles. The Morgan fingerprint density at radius 3 is 3.04 bits per heavy atom. The van der Waals surface area contributed by atoms with Gasteiger partial charge in [0, 0.05) is 11.1 Å². The molecule has 5 nitrogen and oxygen atoms in total. The highest BCUT2D eigenvalue weighted by Crippen LogP contribution is 2.21. The lowest BCUT2D eigenvalue weighted by molar-refractivity contribution is -0.139. The van der Waals surface area contributed by atoms with E-state index < -0.39 is 5.97 Å². The average Bonchev–Trinajstić information content (AvgIpc) is 3.25. The van der Waals surface area contributed by atoms with Crippen LogP contribution in [-0.2, 0) is 16.1 Å². The van der Waals surface area contributed by atoms with Crippen molar-refractivity contribution >= 4 is 35.0 Å². The third-order valence-electron chi connectivity index (χ3n) is 3.16. The molecular weight excluding hydrogens is 348 g/mol. The van der Waals surface area contributed by atoms with Crippen molar-refractivity contribution in [3.05, 3.63) is 63.8 Å². The molecule has 0 atom stereocenters. The lowest BCUT2D eigenvalue weighted by Crippen LogP contribution is -2.00. The maximum Gasteiger partial charge on any atom is 0.331 e. The third kappa shape index (κ3) is 4.10. The molecule has 0 radical (unpaired) electrons. The highest BCUT2D eigenvalue weighted by molar-refractivity contribution is 7.13. The van der Waals surface area contributed by atoms with E-state index in [0.29, 0.717) is 10.8 Å². The molecule has 122 valence electrons. The zero-order valence-corrected chi connectivity index (χ0v) is 14.3. The number of thiophene rings is 1. The number of aromatic nitrogens is 2. The largest absolute Gasteiger partial charge is 0.452 e. The predicted molar refractivity (Wildman–Crippen MR) is 92.6 cm³/mol. The lowest BCUT2D eigenvalue weighted by atomic mass is 10.1. The van der Waals surface area contributed by atoms with Gasteiger partial charge < -0.3 is 9.26 Å². The van der Waals surface area contributed by atoms with E-state index in [-0.39, 0.29) is 12.5 Å². The van der Waals surface area contributed by atoms with Crippen molar-refractivity contribution in [3.63, 3.8) is 0 Å². The smallest absolute Gasteiger partial charge is 0.331 e. The summed E-state index contributed by atoms with van der Waals surface area (Å²) in [6, 6.07) is 9.33. The first-order valence-corrected chi connectivity index (χ1v) is 8.35. The van der Waals surface area contributed by atoms with Crippen LogP contribution in [0.15, 0.2) is 46.3 Å². The summed E-state index contributed by atoms with van der Waals surface area (Å²) in [7, 11) is 0. The number of nitrogens with zero attached hydrogens (tertiary/aromatic N) is 2. The number of aryl methyl sites for hydroxylation is 1. The van der Waals surface area contributed by atoms with Gasteiger partial charge in [-0.05, 0) is 41.6 Å². The molecule has 0 bridgehead atoms. The molecule has 0 saturated heterocycles. The molecule has 1 aromatic carbocycles. The van der Waals surface area contributed by atoms with Gasteiger partial charge in [0.2, 0.25) is 5.82 Å². The maximum atomic E-state index is 11.7. The molecule has 0 aliphatic heterocycles. The van der Waals surface area contributed by atoms with Crippen molar-refractivity contribution in [3.8, 4) is 10.7 Å². The van der Waals surface area contributed by atoms with Gasteiger partial charge in [-0.25, -0.2) is 4.79 Å². The molecule has 24 heavy (non-hydrogen) atoms. The first kappa shape index (κ1) is 16.4. The van der Waals surface area contributed by atoms with E-state index in [2.05, 4.69) is 10.1 Å². The van der Waals surface area contributed by atoms with Crippen LogP contribution in [0.2, 0.25) is 5.02 Å². The first-order chi connectivity index (χ1) is 11.6. The molecule has 0 aliphatic rings. The Kier molecular flexibility index (Phi) is 5.08. The van der Waals surface area contributed by atoms with E-state index in [9.17, 15) is 4.79 Å². The summed E-state index contributed by atoms with van der Waals surface area (Å²) in [6.07, 6.45) is 2.97. The molecule has 3 aromatic rings. The Hall–Kier alpha value is -2.44. The number of hydrogen-bond acceptors (Lipinski definition) is 6. The zero-order chi connectivity index (χ0) is 16.9. The minimum atomic E-state index is -0.498. The molecule has 0 spiro atoms. The molecule has 0 amide bonds. The number of halogens is 1. The molecule has 0 saturated carbocycles. The number of carbonyl (C=O) groups is 1. The highest BCUT2D eigenvalue weighted by atomic mass is 35.5. The Morgan fingerprint density at radius 1 is 1.42 bits per heavy atom. The summed E-state index contributed by atoms with van der Waals surface area (Å²) >= 11 is 7.54. The van der Waals surface area contributed by atoms with E-state index in [1.54, 1.807) is 12.1 Å². The fourth-order valence-electron chi connectivity index (χ4n) is 1.88. The average molecular weight is 361 g/mol. The Labute approximate surface area is 147 Å². The van der Waals surface area contributed by atoms with E-state index in [1.165, 1.54) is 17.4 Å². The van der Waals surface area contributed by atoms with Gasteiger partial charge in [0.1, 0.15) is 0 Å². The summed E-state index contributed by atoms with van der Waals surface area (Å²) < 4.78 is 10.1. The van der Waals surface area contributed by atoms with Crippen LogP contribution in [-0.4, -0.2) is 16.1 Å². The van der Waals surface area contributed by atoms with E-state index >= 15 is 0 Å². The van der Waals surface area contributed by atoms with Crippen molar-refractivity contribution < 1.29 is 14.1 Å². The third-order valence-corrected chi connectivity index (χ3v) is 4.43. The van der Waals surface area contributed by atoms with E-state index in [4.69, 9.17) is 20.9 Å². The minimum absolute atomic E-state index is 0.0732. The van der Waals surface area contributed by atoms with Crippen LogP contribution >= 0.6 is 22.9 Å². The van der Waals surface area contributed by atoms with Crippen molar-refractivity contribution in [2.45, 2.75) is 13.5 Å². The number of rotatable bonds is 5. The summed E-state index contributed by atoms with van der Waals surface area (Å²) in [5, 5.41) is 6.42. The predicted octanol–water partition coefficient (Wildman–Crippen LogP) is 4.52. The Balaban J connectivity index is 1.55. The number of benzene rings is 1. The molecule has 0 unspecified atom stereocenters. The lowest BCUT2D eigenvalue weighted by Gasteiger charge is -1.99. The Morgan fingerprint density at radius 2 is 2.29 bits per heavy atom. The van der Waals surface area contributed by atoms with Crippen LogP contribution in [0, 0.1) is 6.92 Å². The number of hydrogen-bond donors (Lipinski definition) is 0. The number of esters is 1. The molecule has 2 heterocycles. The van der Waals surface area contributed by atoms with Crippen LogP contribution < -0.4 is 0 Å². The fourth-order valence-corrected chi connectivity index (χ4v) is 2.72. The second kappa shape index (κ2) is 7.42. The maximum absolute atomic E-state index is 11.7. The van der Waals surface area contributed by atoms with Crippen molar-refractivity contribution in [1.82, 2.24) is 10.1 Å². The normalized spacial score (nSPS) is 11.1. The summed E-state index contributed by atoms with van der Waals surface area (Å²) in [6.45, 7) is 1.84.